The second-order valence-corrected chi connectivity index (χ2v) is 8.14. The molecule has 0 spiro atoms. The number of benzene rings is 3. The van der Waals surface area contributed by atoms with Crippen LogP contribution in [-0.4, -0.2) is 19.2 Å². The van der Waals surface area contributed by atoms with E-state index in [9.17, 15) is 0 Å². The molecule has 7 aromatic rings. The summed E-state index contributed by atoms with van der Waals surface area (Å²) in [7, 11) is 0. The van der Waals surface area contributed by atoms with E-state index in [-0.39, 0.29) is 0 Å². The lowest BCUT2D eigenvalue weighted by Crippen LogP contribution is -1.90. The van der Waals surface area contributed by atoms with Crippen LogP contribution in [0.1, 0.15) is 0 Å². The minimum atomic E-state index is 0.966. The lowest BCUT2D eigenvalue weighted by atomic mass is 10.1. The molecule has 7 rings (SSSR count). The largest absolute Gasteiger partial charge is 0.240 e. The van der Waals surface area contributed by atoms with Gasteiger partial charge in [-0.15, -0.1) is 0 Å². The Hall–Kier alpha value is -4.44. The van der Waals surface area contributed by atoms with Crippen LogP contribution in [0.2, 0.25) is 0 Å². The first-order valence-electron chi connectivity index (χ1n) is 10.7. The first kappa shape index (κ1) is 17.3. The monoisotopic (exact) mass is 410 g/mol. The fourth-order valence-corrected chi connectivity index (χ4v) is 4.47. The van der Waals surface area contributed by atoms with Gasteiger partial charge in [0.1, 0.15) is 0 Å². The molecule has 0 unspecified atom stereocenters. The Morgan fingerprint density at radius 2 is 1.16 bits per heavy atom. The van der Waals surface area contributed by atoms with E-state index in [1.165, 1.54) is 16.2 Å². The summed E-state index contributed by atoms with van der Waals surface area (Å²) in [5.74, 6) is 0. The predicted molar refractivity (Wildman–Crippen MR) is 130 cm³/mol. The molecule has 0 amide bonds. The van der Waals surface area contributed by atoms with E-state index < -0.39 is 0 Å². The van der Waals surface area contributed by atoms with Gasteiger partial charge in [-0.05, 0) is 35.7 Å². The normalized spacial score (nSPS) is 11.8. The van der Waals surface area contributed by atoms with E-state index in [0.717, 1.165) is 39.1 Å². The Morgan fingerprint density at radius 3 is 1.97 bits per heavy atom. The van der Waals surface area contributed by atoms with Gasteiger partial charge in [-0.3, -0.25) is 0 Å². The SMILES string of the molecule is c1ccc2cn3nc(-c4ccc(-c5cc6ccc7ccccc7n6n5)cc4)cc3cc2c1. The van der Waals surface area contributed by atoms with Crippen molar-refractivity contribution in [1.29, 1.82) is 0 Å². The third kappa shape index (κ3) is 2.63. The fraction of sp³-hybridized carbons (Fsp3) is 0. The number of nitrogens with zero attached hydrogens (tertiary/aromatic N) is 4. The van der Waals surface area contributed by atoms with Crippen LogP contribution < -0.4 is 0 Å². The van der Waals surface area contributed by atoms with Crippen molar-refractivity contribution in [3.63, 3.8) is 0 Å². The van der Waals surface area contributed by atoms with Crippen LogP contribution in [0.4, 0.5) is 0 Å². The smallest absolute Gasteiger partial charge is 0.0933 e. The highest BCUT2D eigenvalue weighted by Gasteiger charge is 2.09. The van der Waals surface area contributed by atoms with Crippen molar-refractivity contribution in [2.75, 3.05) is 0 Å². The van der Waals surface area contributed by atoms with Crippen LogP contribution in [0, 0.1) is 0 Å². The molecule has 4 nitrogen and oxygen atoms in total. The Balaban J connectivity index is 1.29. The molecule has 32 heavy (non-hydrogen) atoms. The molecule has 0 aliphatic rings. The van der Waals surface area contributed by atoms with E-state index >= 15 is 0 Å². The zero-order valence-electron chi connectivity index (χ0n) is 17.2. The van der Waals surface area contributed by atoms with Crippen molar-refractivity contribution < 1.29 is 0 Å². The van der Waals surface area contributed by atoms with Gasteiger partial charge in [0.15, 0.2) is 0 Å². The van der Waals surface area contributed by atoms with Crippen molar-refractivity contribution in [1.82, 2.24) is 19.2 Å². The number of rotatable bonds is 2. The maximum atomic E-state index is 4.88. The van der Waals surface area contributed by atoms with E-state index in [2.05, 4.69) is 109 Å². The molecule has 4 heterocycles. The summed E-state index contributed by atoms with van der Waals surface area (Å²) in [4.78, 5) is 0. The van der Waals surface area contributed by atoms with Crippen molar-refractivity contribution in [2.24, 2.45) is 0 Å². The maximum Gasteiger partial charge on any atom is 0.0933 e. The van der Waals surface area contributed by atoms with Crippen molar-refractivity contribution in [3.8, 4) is 22.5 Å². The summed E-state index contributed by atoms with van der Waals surface area (Å²) in [6.07, 6.45) is 2.09. The van der Waals surface area contributed by atoms with Gasteiger partial charge in [-0.2, -0.15) is 10.2 Å². The fourth-order valence-electron chi connectivity index (χ4n) is 4.47. The molecule has 0 bridgehead atoms. The lowest BCUT2D eigenvalue weighted by Gasteiger charge is -2.01. The first-order valence-corrected chi connectivity index (χ1v) is 10.7. The minimum absolute atomic E-state index is 0.966. The molecule has 150 valence electrons. The van der Waals surface area contributed by atoms with Gasteiger partial charge >= 0.3 is 0 Å². The Kier molecular flexibility index (Phi) is 3.52. The summed E-state index contributed by atoms with van der Waals surface area (Å²) in [5.41, 5.74) is 7.42. The molecule has 0 aliphatic carbocycles. The highest BCUT2D eigenvalue weighted by atomic mass is 15.2. The maximum absolute atomic E-state index is 4.88. The van der Waals surface area contributed by atoms with E-state index in [1.54, 1.807) is 0 Å². The average molecular weight is 410 g/mol. The molecule has 0 fully saturated rings. The molecular weight excluding hydrogens is 392 g/mol. The van der Waals surface area contributed by atoms with Crippen LogP contribution in [0.3, 0.4) is 0 Å². The zero-order valence-corrected chi connectivity index (χ0v) is 17.2. The third-order valence-electron chi connectivity index (χ3n) is 6.14. The Morgan fingerprint density at radius 1 is 0.500 bits per heavy atom. The van der Waals surface area contributed by atoms with Gasteiger partial charge < -0.3 is 0 Å². The number of aromatic nitrogens is 4. The molecular formula is C28H18N4. The average Bonchev–Trinajstić information content (AvgIpc) is 3.47. The van der Waals surface area contributed by atoms with Gasteiger partial charge in [0.05, 0.1) is 27.9 Å². The number of hydrogen-bond acceptors (Lipinski definition) is 2. The van der Waals surface area contributed by atoms with Crippen LogP contribution in [-0.2, 0) is 0 Å². The van der Waals surface area contributed by atoms with Crippen LogP contribution in [0.25, 0.3) is 55.2 Å². The number of fused-ring (bicyclic) bond motifs is 5. The topological polar surface area (TPSA) is 34.6 Å². The lowest BCUT2D eigenvalue weighted by molar-refractivity contribution is 0.974. The number of para-hydroxylation sites is 1. The summed E-state index contributed by atoms with van der Waals surface area (Å²) in [5, 5.41) is 13.3. The molecule has 0 aliphatic heterocycles. The van der Waals surface area contributed by atoms with Crippen molar-refractivity contribution in [3.05, 3.63) is 109 Å². The Labute approximate surface area is 184 Å². The molecule has 0 N–H and O–H groups in total. The van der Waals surface area contributed by atoms with Crippen molar-refractivity contribution in [2.45, 2.75) is 0 Å². The van der Waals surface area contributed by atoms with Gasteiger partial charge in [-0.25, -0.2) is 9.03 Å². The minimum Gasteiger partial charge on any atom is -0.240 e. The van der Waals surface area contributed by atoms with Crippen LogP contribution >= 0.6 is 0 Å². The summed E-state index contributed by atoms with van der Waals surface area (Å²) < 4.78 is 3.98. The predicted octanol–water partition coefficient (Wildman–Crippen LogP) is 6.62. The van der Waals surface area contributed by atoms with E-state index in [0.29, 0.717) is 0 Å². The first-order chi connectivity index (χ1) is 15.8. The molecule has 0 saturated carbocycles. The van der Waals surface area contributed by atoms with Crippen LogP contribution in [0.15, 0.2) is 109 Å². The molecule has 4 aromatic heterocycles. The second kappa shape index (κ2) is 6.53. The summed E-state index contributed by atoms with van der Waals surface area (Å²) >= 11 is 0. The second-order valence-electron chi connectivity index (χ2n) is 8.14. The van der Waals surface area contributed by atoms with E-state index in [4.69, 9.17) is 10.2 Å². The van der Waals surface area contributed by atoms with Gasteiger partial charge in [0, 0.05) is 28.1 Å². The number of hydrogen-bond donors (Lipinski definition) is 0. The molecule has 3 aromatic carbocycles. The van der Waals surface area contributed by atoms with Gasteiger partial charge in [0.25, 0.3) is 0 Å². The summed E-state index contributed by atoms with van der Waals surface area (Å²) in [6.45, 7) is 0. The highest BCUT2D eigenvalue weighted by molar-refractivity contribution is 5.86. The van der Waals surface area contributed by atoms with E-state index in [1.807, 2.05) is 9.03 Å². The van der Waals surface area contributed by atoms with Gasteiger partial charge in [0.2, 0.25) is 0 Å². The summed E-state index contributed by atoms with van der Waals surface area (Å²) in [6, 6.07) is 35.9. The third-order valence-corrected chi connectivity index (χ3v) is 6.14. The standard InChI is InChI=1S/C28H18N4/c1-2-7-23-18-31-25(15-22(23)6-1)17-26(29-31)19-9-11-20(12-10-19)27-16-24-14-13-21-5-3-4-8-28(21)32(24)30-27/h1-18H. The molecule has 0 saturated heterocycles. The molecule has 0 radical (unpaired) electrons. The zero-order chi connectivity index (χ0) is 21.1. The van der Waals surface area contributed by atoms with Crippen LogP contribution in [0.5, 0.6) is 0 Å². The Bertz CT molecular complexity index is 1720. The van der Waals surface area contributed by atoms with Gasteiger partial charge in [-0.1, -0.05) is 72.8 Å². The number of pyridine rings is 2. The molecule has 4 heteroatoms. The quantitative estimate of drug-likeness (QED) is 0.321. The van der Waals surface area contributed by atoms with Crippen molar-refractivity contribution >= 4 is 32.7 Å². The molecule has 0 atom stereocenters. The highest BCUT2D eigenvalue weighted by Crippen LogP contribution is 2.27.